The summed E-state index contributed by atoms with van der Waals surface area (Å²) in [6.45, 7) is 7.15. The van der Waals surface area contributed by atoms with Crippen molar-refractivity contribution in [3.8, 4) is 0 Å². The summed E-state index contributed by atoms with van der Waals surface area (Å²) in [4.78, 5) is 11.8. The first-order valence-corrected chi connectivity index (χ1v) is 7.89. The van der Waals surface area contributed by atoms with Gasteiger partial charge in [-0.2, -0.15) is 0 Å². The lowest BCUT2D eigenvalue weighted by atomic mass is 9.86. The van der Waals surface area contributed by atoms with Gasteiger partial charge in [0, 0.05) is 19.0 Å². The van der Waals surface area contributed by atoms with Crippen molar-refractivity contribution >= 4 is 5.91 Å². The third-order valence-corrected chi connectivity index (χ3v) is 3.94. The molecule has 0 saturated heterocycles. The molecule has 0 bridgehead atoms. The molecule has 1 rings (SSSR count). The van der Waals surface area contributed by atoms with Crippen molar-refractivity contribution in [2.75, 3.05) is 6.54 Å². The highest BCUT2D eigenvalue weighted by Crippen LogP contribution is 2.27. The van der Waals surface area contributed by atoms with Crippen molar-refractivity contribution in [2.24, 2.45) is 17.1 Å². The van der Waals surface area contributed by atoms with Crippen LogP contribution in [0.3, 0.4) is 0 Å². The molecule has 0 aromatic carbocycles. The topological polar surface area (TPSA) is 55.1 Å². The average molecular weight is 268 g/mol. The van der Waals surface area contributed by atoms with Gasteiger partial charge < -0.3 is 11.1 Å². The Labute approximate surface area is 118 Å². The van der Waals surface area contributed by atoms with E-state index >= 15 is 0 Å². The van der Waals surface area contributed by atoms with Gasteiger partial charge in [-0.05, 0) is 24.2 Å². The van der Waals surface area contributed by atoms with Gasteiger partial charge in [-0.3, -0.25) is 4.79 Å². The van der Waals surface area contributed by atoms with E-state index in [0.29, 0.717) is 13.0 Å². The van der Waals surface area contributed by atoms with Crippen molar-refractivity contribution in [2.45, 2.75) is 78.2 Å². The first-order chi connectivity index (χ1) is 8.87. The molecule has 19 heavy (non-hydrogen) atoms. The van der Waals surface area contributed by atoms with Gasteiger partial charge in [0.1, 0.15) is 0 Å². The predicted molar refractivity (Wildman–Crippen MR) is 80.9 cm³/mol. The number of amides is 1. The van der Waals surface area contributed by atoms with Crippen LogP contribution in [-0.2, 0) is 4.79 Å². The minimum absolute atomic E-state index is 0.0682. The van der Waals surface area contributed by atoms with E-state index in [1.54, 1.807) is 0 Å². The van der Waals surface area contributed by atoms with Crippen LogP contribution in [0.25, 0.3) is 0 Å². The van der Waals surface area contributed by atoms with Crippen LogP contribution >= 0.6 is 0 Å². The Bertz CT molecular complexity index is 264. The summed E-state index contributed by atoms with van der Waals surface area (Å²) in [5.41, 5.74) is 6.26. The number of carbonyl (C=O) groups is 1. The Hall–Kier alpha value is -0.570. The van der Waals surface area contributed by atoms with E-state index in [1.165, 1.54) is 32.1 Å². The van der Waals surface area contributed by atoms with Gasteiger partial charge in [0.05, 0.1) is 0 Å². The SMILES string of the molecule is CC(C)(C)CC(N)CNC(=O)CCC1CCCCC1. The molecule has 3 nitrogen and oxygen atoms in total. The Kier molecular flexibility index (Phi) is 6.84. The normalized spacial score (nSPS) is 19.2. The number of rotatable bonds is 6. The molecule has 0 radical (unpaired) electrons. The van der Waals surface area contributed by atoms with Crippen molar-refractivity contribution in [3.05, 3.63) is 0 Å². The summed E-state index contributed by atoms with van der Waals surface area (Å²) in [6, 6.07) is 0.0682. The highest BCUT2D eigenvalue weighted by Gasteiger charge is 2.17. The van der Waals surface area contributed by atoms with Gasteiger partial charge >= 0.3 is 0 Å². The molecule has 0 aromatic rings. The van der Waals surface area contributed by atoms with Crippen molar-refractivity contribution in [1.82, 2.24) is 5.32 Å². The van der Waals surface area contributed by atoms with Crippen molar-refractivity contribution in [3.63, 3.8) is 0 Å². The van der Waals surface area contributed by atoms with Crippen LogP contribution in [-0.4, -0.2) is 18.5 Å². The Morgan fingerprint density at radius 2 is 1.89 bits per heavy atom. The second-order valence-corrected chi connectivity index (χ2v) is 7.37. The number of hydrogen-bond acceptors (Lipinski definition) is 2. The van der Waals surface area contributed by atoms with Crippen LogP contribution in [0, 0.1) is 11.3 Å². The van der Waals surface area contributed by atoms with E-state index in [1.807, 2.05) is 0 Å². The Morgan fingerprint density at radius 3 is 2.47 bits per heavy atom. The van der Waals surface area contributed by atoms with Crippen LogP contribution in [0.5, 0.6) is 0 Å². The molecule has 0 spiro atoms. The minimum atomic E-state index is 0.0682. The van der Waals surface area contributed by atoms with Crippen LogP contribution in [0.1, 0.15) is 72.1 Å². The standard InChI is InChI=1S/C16H32N2O/c1-16(2,3)11-14(17)12-18-15(19)10-9-13-7-5-4-6-8-13/h13-14H,4-12,17H2,1-3H3,(H,18,19). The molecule has 3 heteroatoms. The fourth-order valence-electron chi connectivity index (χ4n) is 3.00. The molecular formula is C16H32N2O. The fourth-order valence-corrected chi connectivity index (χ4v) is 3.00. The number of nitrogens with one attached hydrogen (secondary N) is 1. The summed E-state index contributed by atoms with van der Waals surface area (Å²) in [5.74, 6) is 0.956. The Balaban J connectivity index is 2.10. The monoisotopic (exact) mass is 268 g/mol. The summed E-state index contributed by atoms with van der Waals surface area (Å²) in [6.07, 6.45) is 9.38. The molecule has 1 fully saturated rings. The molecule has 0 heterocycles. The molecule has 3 N–H and O–H groups in total. The van der Waals surface area contributed by atoms with E-state index in [0.717, 1.165) is 18.8 Å². The molecule has 1 unspecified atom stereocenters. The summed E-state index contributed by atoms with van der Waals surface area (Å²) < 4.78 is 0. The first kappa shape index (κ1) is 16.5. The summed E-state index contributed by atoms with van der Waals surface area (Å²) in [7, 11) is 0. The van der Waals surface area contributed by atoms with Crippen molar-refractivity contribution in [1.29, 1.82) is 0 Å². The molecule has 1 aliphatic rings. The van der Waals surface area contributed by atoms with Crippen LogP contribution in [0.4, 0.5) is 0 Å². The molecule has 0 aromatic heterocycles. The lowest BCUT2D eigenvalue weighted by molar-refractivity contribution is -0.121. The second kappa shape index (κ2) is 7.88. The van der Waals surface area contributed by atoms with Gasteiger partial charge in [0.15, 0.2) is 0 Å². The molecule has 112 valence electrons. The smallest absolute Gasteiger partial charge is 0.220 e. The fraction of sp³-hybridized carbons (Fsp3) is 0.938. The lowest BCUT2D eigenvalue weighted by Crippen LogP contribution is -2.39. The van der Waals surface area contributed by atoms with E-state index in [-0.39, 0.29) is 17.4 Å². The van der Waals surface area contributed by atoms with E-state index in [9.17, 15) is 4.79 Å². The van der Waals surface area contributed by atoms with Gasteiger partial charge in [-0.1, -0.05) is 52.9 Å². The highest BCUT2D eigenvalue weighted by molar-refractivity contribution is 5.75. The van der Waals surface area contributed by atoms with Crippen molar-refractivity contribution < 1.29 is 4.79 Å². The maximum Gasteiger partial charge on any atom is 0.220 e. The molecule has 0 aliphatic heterocycles. The van der Waals surface area contributed by atoms with Gasteiger partial charge in [-0.15, -0.1) is 0 Å². The predicted octanol–water partition coefficient (Wildman–Crippen LogP) is 3.23. The summed E-state index contributed by atoms with van der Waals surface area (Å²) >= 11 is 0. The largest absolute Gasteiger partial charge is 0.355 e. The maximum atomic E-state index is 11.8. The lowest BCUT2D eigenvalue weighted by Gasteiger charge is -2.24. The summed E-state index contributed by atoms with van der Waals surface area (Å²) in [5, 5.41) is 2.98. The maximum absolute atomic E-state index is 11.8. The van der Waals surface area contributed by atoms with Gasteiger partial charge in [0.25, 0.3) is 0 Å². The molecule has 1 atom stereocenters. The molecule has 1 aliphatic carbocycles. The third kappa shape index (κ3) is 8.25. The zero-order valence-electron chi connectivity index (χ0n) is 13.0. The van der Waals surface area contributed by atoms with Crippen LogP contribution < -0.4 is 11.1 Å². The number of hydrogen-bond donors (Lipinski definition) is 2. The highest BCUT2D eigenvalue weighted by atomic mass is 16.1. The quantitative estimate of drug-likeness (QED) is 0.777. The Morgan fingerprint density at radius 1 is 1.26 bits per heavy atom. The van der Waals surface area contributed by atoms with E-state index in [2.05, 4.69) is 26.1 Å². The molecule has 1 saturated carbocycles. The number of nitrogens with two attached hydrogens (primary N) is 1. The third-order valence-electron chi connectivity index (χ3n) is 3.94. The zero-order chi connectivity index (χ0) is 14.3. The van der Waals surface area contributed by atoms with Crippen LogP contribution in [0.15, 0.2) is 0 Å². The number of carbonyl (C=O) groups excluding carboxylic acids is 1. The minimum Gasteiger partial charge on any atom is -0.355 e. The average Bonchev–Trinajstić information content (AvgIpc) is 2.33. The molecule has 1 amide bonds. The van der Waals surface area contributed by atoms with Crippen LogP contribution in [0.2, 0.25) is 0 Å². The second-order valence-electron chi connectivity index (χ2n) is 7.37. The first-order valence-electron chi connectivity index (χ1n) is 7.89. The molecular weight excluding hydrogens is 236 g/mol. The van der Waals surface area contributed by atoms with E-state index in [4.69, 9.17) is 5.73 Å². The zero-order valence-corrected chi connectivity index (χ0v) is 13.0. The van der Waals surface area contributed by atoms with E-state index < -0.39 is 0 Å². The van der Waals surface area contributed by atoms with Gasteiger partial charge in [-0.25, -0.2) is 0 Å². The van der Waals surface area contributed by atoms with Gasteiger partial charge in [0.2, 0.25) is 5.91 Å².